The van der Waals surface area contributed by atoms with Gasteiger partial charge in [-0.25, -0.2) is 9.37 Å². The van der Waals surface area contributed by atoms with E-state index in [2.05, 4.69) is 26.8 Å². The van der Waals surface area contributed by atoms with E-state index >= 15 is 0 Å². The number of likely N-dealkylation sites (N-methyl/N-ethyl adjacent to an activating group) is 1. The molecule has 0 bridgehead atoms. The minimum Gasteiger partial charge on any atom is -0.491 e. The molecule has 0 radical (unpaired) electrons. The van der Waals surface area contributed by atoms with Crippen LogP contribution in [-0.4, -0.2) is 46.1 Å². The molecule has 1 N–H and O–H groups in total. The van der Waals surface area contributed by atoms with E-state index in [1.165, 1.54) is 12.1 Å². The van der Waals surface area contributed by atoms with Crippen molar-refractivity contribution in [2.75, 3.05) is 13.7 Å². The molecule has 1 amide bonds. The Morgan fingerprint density at radius 2 is 2.03 bits per heavy atom. The lowest BCUT2D eigenvalue weighted by Gasteiger charge is -2.33. The van der Waals surface area contributed by atoms with Gasteiger partial charge < -0.3 is 14.6 Å². The lowest BCUT2D eigenvalue weighted by atomic mass is 10.0. The van der Waals surface area contributed by atoms with Crippen LogP contribution in [0.15, 0.2) is 54.7 Å². The number of nitrogens with one attached hydrogen (secondary N) is 1. The summed E-state index contributed by atoms with van der Waals surface area (Å²) in [5.41, 5.74) is 2.69. The van der Waals surface area contributed by atoms with Crippen LogP contribution in [0.4, 0.5) is 4.39 Å². The number of halogens is 1. The minimum absolute atomic E-state index is 0.0674. The van der Waals surface area contributed by atoms with Gasteiger partial charge in [-0.3, -0.25) is 9.69 Å². The van der Waals surface area contributed by atoms with Crippen molar-refractivity contribution in [2.45, 2.75) is 44.4 Å². The molecule has 166 valence electrons. The van der Waals surface area contributed by atoms with Crippen molar-refractivity contribution in [3.63, 3.8) is 0 Å². The first kappa shape index (κ1) is 20.7. The molecule has 3 aromatic rings. The van der Waals surface area contributed by atoms with Gasteiger partial charge in [0.05, 0.1) is 12.6 Å². The van der Waals surface area contributed by atoms with Crippen molar-refractivity contribution in [2.24, 2.45) is 0 Å². The number of aryl methyl sites for hydroxylation is 1. The van der Waals surface area contributed by atoms with E-state index in [0.29, 0.717) is 24.9 Å². The average Bonchev–Trinajstić information content (AvgIpc) is 3.21. The van der Waals surface area contributed by atoms with E-state index in [9.17, 15) is 9.18 Å². The molecule has 0 aliphatic carbocycles. The van der Waals surface area contributed by atoms with E-state index in [1.54, 1.807) is 0 Å². The monoisotopic (exact) mass is 434 g/mol. The summed E-state index contributed by atoms with van der Waals surface area (Å²) in [6.45, 7) is 1.94. The lowest BCUT2D eigenvalue weighted by Crippen LogP contribution is -2.42. The number of imidazole rings is 1. The number of carbonyl (C=O) groups is 1. The first-order valence-electron chi connectivity index (χ1n) is 11.1. The predicted octanol–water partition coefficient (Wildman–Crippen LogP) is 3.20. The van der Waals surface area contributed by atoms with Crippen LogP contribution in [0.25, 0.3) is 0 Å². The second kappa shape index (κ2) is 8.74. The molecule has 2 aliphatic rings. The molecule has 0 spiro atoms. The molecule has 2 aliphatic heterocycles. The summed E-state index contributed by atoms with van der Waals surface area (Å²) in [5.74, 6) is 1.43. The van der Waals surface area contributed by atoms with E-state index in [1.807, 2.05) is 42.6 Å². The van der Waals surface area contributed by atoms with Crippen molar-refractivity contribution in [1.29, 1.82) is 0 Å². The first-order chi connectivity index (χ1) is 15.5. The summed E-state index contributed by atoms with van der Waals surface area (Å²) >= 11 is 0. The number of aromatic nitrogens is 2. The number of para-hydroxylation sites is 1. The fourth-order valence-corrected chi connectivity index (χ4v) is 4.54. The van der Waals surface area contributed by atoms with Crippen molar-refractivity contribution in [3.05, 3.63) is 83.2 Å². The maximum Gasteiger partial charge on any atom is 0.271 e. The number of hydrogen-bond donors (Lipinski definition) is 1. The van der Waals surface area contributed by atoms with Gasteiger partial charge in [0, 0.05) is 18.8 Å². The van der Waals surface area contributed by atoms with Crippen LogP contribution in [-0.2, 0) is 25.9 Å². The van der Waals surface area contributed by atoms with Crippen molar-refractivity contribution < 1.29 is 13.9 Å². The van der Waals surface area contributed by atoms with Gasteiger partial charge in [-0.05, 0) is 55.6 Å². The maximum atomic E-state index is 13.1. The minimum atomic E-state index is -0.207. The summed E-state index contributed by atoms with van der Waals surface area (Å²) in [5, 5.41) is 3.07. The number of nitrogens with zero attached hydrogens (tertiary/aromatic N) is 3. The van der Waals surface area contributed by atoms with Crippen molar-refractivity contribution in [1.82, 2.24) is 19.8 Å². The molecule has 1 unspecified atom stereocenters. The number of benzene rings is 2. The molecule has 0 saturated carbocycles. The van der Waals surface area contributed by atoms with Crippen LogP contribution in [0.5, 0.6) is 5.75 Å². The van der Waals surface area contributed by atoms with E-state index in [0.717, 1.165) is 48.5 Å². The number of rotatable bonds is 5. The van der Waals surface area contributed by atoms with E-state index in [-0.39, 0.29) is 17.8 Å². The fourth-order valence-electron chi connectivity index (χ4n) is 4.54. The zero-order valence-corrected chi connectivity index (χ0v) is 18.1. The third-order valence-corrected chi connectivity index (χ3v) is 6.41. The molecule has 5 rings (SSSR count). The maximum absolute atomic E-state index is 13.1. The van der Waals surface area contributed by atoms with Gasteiger partial charge >= 0.3 is 0 Å². The van der Waals surface area contributed by atoms with Gasteiger partial charge in [0.1, 0.15) is 29.7 Å². The molecule has 0 saturated heterocycles. The quantitative estimate of drug-likeness (QED) is 0.670. The highest BCUT2D eigenvalue weighted by molar-refractivity contribution is 5.92. The summed E-state index contributed by atoms with van der Waals surface area (Å²) in [6, 6.07) is 14.9. The molecule has 3 heterocycles. The number of amides is 1. The Kier molecular flexibility index (Phi) is 5.66. The zero-order valence-electron chi connectivity index (χ0n) is 18.1. The first-order valence-corrected chi connectivity index (χ1v) is 11.1. The largest absolute Gasteiger partial charge is 0.491 e. The fraction of sp³-hybridized carbons (Fsp3) is 0.360. The SMILES string of the molecule is CN1Cc2nc(C(=O)N[C@H]3COc4ccccc4C3)cn2CC1CCc1ccc(F)cc1. The third kappa shape index (κ3) is 4.39. The molecular formula is C25H27FN4O2. The molecule has 32 heavy (non-hydrogen) atoms. The molecule has 1 aromatic heterocycles. The highest BCUT2D eigenvalue weighted by Crippen LogP contribution is 2.24. The number of carbonyl (C=O) groups excluding carboxylic acids is 1. The Balaban J connectivity index is 1.21. The molecule has 0 fully saturated rings. The van der Waals surface area contributed by atoms with Gasteiger partial charge in [-0.2, -0.15) is 0 Å². The van der Waals surface area contributed by atoms with Gasteiger partial charge in [0.25, 0.3) is 5.91 Å². The number of ether oxygens (including phenoxy) is 1. The Morgan fingerprint density at radius 3 is 2.88 bits per heavy atom. The Bertz CT molecular complexity index is 1110. The van der Waals surface area contributed by atoms with Gasteiger partial charge in [-0.1, -0.05) is 30.3 Å². The topological polar surface area (TPSA) is 59.4 Å². The van der Waals surface area contributed by atoms with Crippen LogP contribution in [0.2, 0.25) is 0 Å². The Labute approximate surface area is 187 Å². The van der Waals surface area contributed by atoms with Crippen molar-refractivity contribution >= 4 is 5.91 Å². The Morgan fingerprint density at radius 1 is 1.22 bits per heavy atom. The molecular weight excluding hydrogens is 407 g/mol. The standard InChI is InChI=1S/C25H27FN4O2/c1-29-15-24-28-22(25(31)27-20-12-18-4-2-3-5-23(18)32-16-20)14-30(24)13-21(29)11-8-17-6-9-19(26)10-7-17/h2-7,9-10,14,20-21H,8,11-13,15-16H2,1H3,(H,27,31)/t20-,21?/m1/s1. The summed E-state index contributed by atoms with van der Waals surface area (Å²) in [6.07, 6.45) is 4.46. The molecule has 7 heteroatoms. The summed E-state index contributed by atoms with van der Waals surface area (Å²) < 4.78 is 21.0. The Hall–Kier alpha value is -3.19. The van der Waals surface area contributed by atoms with Gasteiger partial charge in [0.2, 0.25) is 0 Å². The van der Waals surface area contributed by atoms with E-state index in [4.69, 9.17) is 4.74 Å². The summed E-state index contributed by atoms with van der Waals surface area (Å²) in [4.78, 5) is 19.7. The third-order valence-electron chi connectivity index (χ3n) is 6.41. The zero-order chi connectivity index (χ0) is 22.1. The average molecular weight is 435 g/mol. The predicted molar refractivity (Wildman–Crippen MR) is 119 cm³/mol. The highest BCUT2D eigenvalue weighted by Gasteiger charge is 2.27. The van der Waals surface area contributed by atoms with Crippen LogP contribution in [0.1, 0.15) is 33.9 Å². The molecule has 2 atom stereocenters. The molecule has 6 nitrogen and oxygen atoms in total. The van der Waals surface area contributed by atoms with Crippen LogP contribution < -0.4 is 10.1 Å². The smallest absolute Gasteiger partial charge is 0.271 e. The van der Waals surface area contributed by atoms with Gasteiger partial charge in [0.15, 0.2) is 0 Å². The van der Waals surface area contributed by atoms with Crippen LogP contribution >= 0.6 is 0 Å². The van der Waals surface area contributed by atoms with Crippen molar-refractivity contribution in [3.8, 4) is 5.75 Å². The van der Waals surface area contributed by atoms with E-state index < -0.39 is 0 Å². The molecule has 2 aromatic carbocycles. The lowest BCUT2D eigenvalue weighted by molar-refractivity contribution is 0.0910. The second-order valence-electron chi connectivity index (χ2n) is 8.72. The summed E-state index contributed by atoms with van der Waals surface area (Å²) in [7, 11) is 2.09. The normalized spacial score (nSPS) is 20.2. The number of hydrogen-bond acceptors (Lipinski definition) is 4. The highest BCUT2D eigenvalue weighted by atomic mass is 19.1. The van der Waals surface area contributed by atoms with Crippen LogP contribution in [0, 0.1) is 5.82 Å². The van der Waals surface area contributed by atoms with Crippen LogP contribution in [0.3, 0.4) is 0 Å². The van der Waals surface area contributed by atoms with Gasteiger partial charge in [-0.15, -0.1) is 0 Å². The number of fused-ring (bicyclic) bond motifs is 2. The second-order valence-corrected chi connectivity index (χ2v) is 8.72.